The zero-order valence-corrected chi connectivity index (χ0v) is 10.1. The topological polar surface area (TPSA) is 89.3 Å². The molecule has 5 heteroatoms. The number of carbonyl (C=O) groups is 1. The first kappa shape index (κ1) is 14.8. The van der Waals surface area contributed by atoms with Crippen LogP contribution in [0.2, 0.25) is 0 Å². The summed E-state index contributed by atoms with van der Waals surface area (Å²) in [4.78, 5) is 10.1. The lowest BCUT2D eigenvalue weighted by Crippen LogP contribution is -2.30. The highest BCUT2D eigenvalue weighted by Gasteiger charge is 2.08. The minimum absolute atomic E-state index is 0.552. The van der Waals surface area contributed by atoms with E-state index in [1.165, 1.54) is 0 Å². The van der Waals surface area contributed by atoms with Gasteiger partial charge in [0.1, 0.15) is 6.04 Å². The van der Waals surface area contributed by atoms with E-state index in [0.29, 0.717) is 6.42 Å². The molecule has 0 amide bonds. The lowest BCUT2D eigenvalue weighted by atomic mass is 10.2. The lowest BCUT2D eigenvalue weighted by Gasteiger charge is -2.02. The third kappa shape index (κ3) is 8.14. The Morgan fingerprint density at radius 3 is 2.31 bits per heavy atom. The number of rotatable bonds is 4. The van der Waals surface area contributed by atoms with Crippen molar-refractivity contribution in [3.8, 4) is 0 Å². The van der Waals surface area contributed by atoms with Crippen molar-refractivity contribution in [3.05, 3.63) is 30.3 Å². The molecule has 0 fully saturated rings. The van der Waals surface area contributed by atoms with Gasteiger partial charge in [-0.05, 0) is 30.6 Å². The second-order valence-corrected chi connectivity index (χ2v) is 4.12. The zero-order chi connectivity index (χ0) is 12.4. The maximum Gasteiger partial charge on any atom is 0.320 e. The predicted molar refractivity (Wildman–Crippen MR) is 69.5 cm³/mol. The van der Waals surface area contributed by atoms with Crippen molar-refractivity contribution < 1.29 is 9.90 Å². The van der Waals surface area contributed by atoms with Crippen LogP contribution in [0.25, 0.3) is 0 Å². The Kier molecular flexibility index (Phi) is 8.38. The van der Waals surface area contributed by atoms with Gasteiger partial charge in [0.2, 0.25) is 0 Å². The largest absolute Gasteiger partial charge is 0.480 e. The smallest absolute Gasteiger partial charge is 0.320 e. The van der Waals surface area contributed by atoms with Crippen LogP contribution < -0.4 is 11.5 Å². The van der Waals surface area contributed by atoms with Crippen LogP contribution in [0.3, 0.4) is 0 Å². The zero-order valence-electron chi connectivity index (χ0n) is 9.30. The van der Waals surface area contributed by atoms with Crippen LogP contribution >= 0.6 is 11.8 Å². The third-order valence-corrected chi connectivity index (χ3v) is 2.39. The highest BCUT2D eigenvalue weighted by Crippen LogP contribution is 1.97. The molecule has 0 radical (unpaired) electrons. The first-order valence-electron chi connectivity index (χ1n) is 4.85. The van der Waals surface area contributed by atoms with Gasteiger partial charge in [0.15, 0.2) is 0 Å². The minimum Gasteiger partial charge on any atom is -0.480 e. The van der Waals surface area contributed by atoms with Gasteiger partial charge in [0, 0.05) is 5.69 Å². The number of carboxylic acids is 1. The van der Waals surface area contributed by atoms with Crippen molar-refractivity contribution >= 4 is 23.4 Å². The van der Waals surface area contributed by atoms with Gasteiger partial charge in [-0.15, -0.1) is 0 Å². The Labute approximate surface area is 100 Å². The van der Waals surface area contributed by atoms with Gasteiger partial charge in [0.05, 0.1) is 0 Å². The summed E-state index contributed by atoms with van der Waals surface area (Å²) < 4.78 is 0. The van der Waals surface area contributed by atoms with E-state index in [4.69, 9.17) is 16.6 Å². The van der Waals surface area contributed by atoms with Crippen molar-refractivity contribution in [2.45, 2.75) is 12.5 Å². The first-order valence-corrected chi connectivity index (χ1v) is 6.25. The van der Waals surface area contributed by atoms with Gasteiger partial charge >= 0.3 is 5.97 Å². The molecular weight excluding hydrogens is 224 g/mol. The second kappa shape index (κ2) is 9.06. The molecule has 16 heavy (non-hydrogen) atoms. The molecule has 0 aliphatic rings. The molecule has 1 atom stereocenters. The van der Waals surface area contributed by atoms with Crippen molar-refractivity contribution in [2.75, 3.05) is 17.7 Å². The van der Waals surface area contributed by atoms with Crippen molar-refractivity contribution in [2.24, 2.45) is 5.73 Å². The Morgan fingerprint density at radius 2 is 2.00 bits per heavy atom. The molecule has 0 unspecified atom stereocenters. The van der Waals surface area contributed by atoms with E-state index < -0.39 is 12.0 Å². The number of nitrogen functional groups attached to an aromatic ring is 1. The average molecular weight is 242 g/mol. The van der Waals surface area contributed by atoms with E-state index in [2.05, 4.69) is 0 Å². The molecule has 0 heterocycles. The number of anilines is 1. The Bertz CT molecular complexity index is 293. The fourth-order valence-electron chi connectivity index (χ4n) is 0.821. The van der Waals surface area contributed by atoms with Gasteiger partial charge in [-0.2, -0.15) is 11.8 Å². The molecule has 0 aromatic heterocycles. The molecule has 1 aromatic rings. The Hall–Kier alpha value is -1.20. The van der Waals surface area contributed by atoms with E-state index in [1.807, 2.05) is 36.6 Å². The van der Waals surface area contributed by atoms with E-state index >= 15 is 0 Å². The van der Waals surface area contributed by atoms with E-state index in [-0.39, 0.29) is 0 Å². The summed E-state index contributed by atoms with van der Waals surface area (Å²) in [7, 11) is 0. The fourth-order valence-corrected chi connectivity index (χ4v) is 1.31. The number of hydrogen-bond donors (Lipinski definition) is 3. The van der Waals surface area contributed by atoms with E-state index in [1.54, 1.807) is 11.8 Å². The molecule has 0 spiro atoms. The maximum absolute atomic E-state index is 10.1. The molecule has 0 aliphatic heterocycles. The summed E-state index contributed by atoms with van der Waals surface area (Å²) in [5.41, 5.74) is 11.4. The van der Waals surface area contributed by atoms with E-state index in [9.17, 15) is 4.79 Å². The second-order valence-electron chi connectivity index (χ2n) is 3.14. The standard InChI is InChI=1S/C6H7N.C5H11NO2S/c7-6-4-2-1-3-5-6;1-9-3-2-4(6)5(7)8/h1-5H,7H2;4H,2-3,6H2,1H3,(H,7,8)/t;4-/m.0/s1. The number of aliphatic carboxylic acids is 1. The SMILES string of the molecule is CSCC[C@H](N)C(=O)O.Nc1ccccc1. The van der Waals surface area contributed by atoms with Gasteiger partial charge in [0.25, 0.3) is 0 Å². The summed E-state index contributed by atoms with van der Waals surface area (Å²) in [6.45, 7) is 0. The number of hydrogen-bond acceptors (Lipinski definition) is 4. The molecule has 1 aromatic carbocycles. The van der Waals surface area contributed by atoms with E-state index in [0.717, 1.165) is 11.4 Å². The predicted octanol–water partition coefficient (Wildman–Crippen LogP) is 1.42. The number of carboxylic acid groups (broad SMARTS) is 1. The number of benzene rings is 1. The molecule has 0 bridgehead atoms. The van der Waals surface area contributed by atoms with Gasteiger partial charge in [-0.3, -0.25) is 4.79 Å². The van der Waals surface area contributed by atoms with Gasteiger partial charge < -0.3 is 16.6 Å². The van der Waals surface area contributed by atoms with Gasteiger partial charge in [-0.1, -0.05) is 18.2 Å². The quantitative estimate of drug-likeness (QED) is 0.695. The third-order valence-electron chi connectivity index (χ3n) is 1.75. The highest BCUT2D eigenvalue weighted by molar-refractivity contribution is 7.98. The van der Waals surface area contributed by atoms with Crippen molar-refractivity contribution in [1.29, 1.82) is 0 Å². The van der Waals surface area contributed by atoms with Crippen LogP contribution in [0.1, 0.15) is 6.42 Å². The summed E-state index contributed by atoms with van der Waals surface area (Å²) in [6, 6.07) is 8.80. The summed E-state index contributed by atoms with van der Waals surface area (Å²) >= 11 is 1.60. The average Bonchev–Trinajstić information content (AvgIpc) is 2.27. The number of thioether (sulfide) groups is 1. The fraction of sp³-hybridized carbons (Fsp3) is 0.364. The van der Waals surface area contributed by atoms with Crippen LogP contribution in [0, 0.1) is 0 Å². The molecule has 5 N–H and O–H groups in total. The number of para-hydroxylation sites is 1. The van der Waals surface area contributed by atoms with Crippen LogP contribution in [-0.4, -0.2) is 29.1 Å². The summed E-state index contributed by atoms with van der Waals surface area (Å²) in [5, 5.41) is 8.27. The molecule has 0 aliphatic carbocycles. The number of nitrogens with two attached hydrogens (primary N) is 2. The van der Waals surface area contributed by atoms with Crippen LogP contribution in [0.15, 0.2) is 30.3 Å². The summed E-state index contributed by atoms with van der Waals surface area (Å²) in [6.07, 6.45) is 2.48. The Balaban J connectivity index is 0.000000288. The Morgan fingerprint density at radius 1 is 1.44 bits per heavy atom. The van der Waals surface area contributed by atoms with Gasteiger partial charge in [-0.25, -0.2) is 0 Å². The molecule has 0 saturated heterocycles. The highest BCUT2D eigenvalue weighted by atomic mass is 32.2. The first-order chi connectivity index (χ1) is 7.57. The molecule has 1 rings (SSSR count). The van der Waals surface area contributed by atoms with Crippen molar-refractivity contribution in [3.63, 3.8) is 0 Å². The van der Waals surface area contributed by atoms with Crippen LogP contribution in [0.5, 0.6) is 0 Å². The monoisotopic (exact) mass is 242 g/mol. The van der Waals surface area contributed by atoms with Crippen LogP contribution in [0.4, 0.5) is 5.69 Å². The van der Waals surface area contributed by atoms with Crippen LogP contribution in [-0.2, 0) is 4.79 Å². The summed E-state index contributed by atoms with van der Waals surface area (Å²) in [5.74, 6) is -0.1000. The molecule has 0 saturated carbocycles. The molecular formula is C11H18N2O2S. The van der Waals surface area contributed by atoms with Crippen molar-refractivity contribution in [1.82, 2.24) is 0 Å². The molecule has 4 nitrogen and oxygen atoms in total. The minimum atomic E-state index is -0.913. The lowest BCUT2D eigenvalue weighted by molar-refractivity contribution is -0.138. The molecule has 90 valence electrons. The normalized spacial score (nSPS) is 11.1. The maximum atomic E-state index is 10.1.